The van der Waals surface area contributed by atoms with Gasteiger partial charge in [0.1, 0.15) is 5.66 Å². The number of allylic oxidation sites excluding steroid dienone is 1. The van der Waals surface area contributed by atoms with Crippen LogP contribution in [0.4, 0.5) is 0 Å². The van der Waals surface area contributed by atoms with Crippen LogP contribution in [0.15, 0.2) is 21.4 Å². The van der Waals surface area contributed by atoms with Gasteiger partial charge >= 0.3 is 0 Å². The number of hydrogen-bond donors (Lipinski definition) is 2. The van der Waals surface area contributed by atoms with Crippen LogP contribution in [0.5, 0.6) is 0 Å². The highest BCUT2D eigenvalue weighted by molar-refractivity contribution is 5.97. The molecule has 0 amide bonds. The molecule has 0 spiro atoms. The maximum Gasteiger partial charge on any atom is 0.184 e. The van der Waals surface area contributed by atoms with E-state index in [4.69, 9.17) is 11.5 Å². The van der Waals surface area contributed by atoms with Crippen molar-refractivity contribution in [2.24, 2.45) is 21.5 Å². The van der Waals surface area contributed by atoms with Crippen LogP contribution in [-0.4, -0.2) is 24.9 Å². The molecule has 0 fully saturated rings. The molecule has 0 aromatic rings. The summed E-state index contributed by atoms with van der Waals surface area (Å²) in [4.78, 5) is 18.6. The van der Waals surface area contributed by atoms with E-state index in [2.05, 4.69) is 23.4 Å². The van der Waals surface area contributed by atoms with Crippen LogP contribution in [0.1, 0.15) is 12.8 Å². The number of aliphatic imine (C=N–C) groups is 2. The molecule has 0 bridgehead atoms. The lowest BCUT2D eigenvalue weighted by Gasteiger charge is -2.28. The second-order valence-electron chi connectivity index (χ2n) is 3.06. The summed E-state index contributed by atoms with van der Waals surface area (Å²) in [7, 11) is 0. The Bertz CT molecular complexity index is 307. The van der Waals surface area contributed by atoms with Crippen LogP contribution < -0.4 is 11.5 Å². The zero-order chi connectivity index (χ0) is 10.1. The van der Waals surface area contributed by atoms with Gasteiger partial charge in [0.15, 0.2) is 5.78 Å². The van der Waals surface area contributed by atoms with Gasteiger partial charge in [-0.1, -0.05) is 0 Å². The SMILES string of the molecule is C=NC1=C(N)C(=O)CC(N)(N=C)C1. The molecule has 0 saturated carbocycles. The first-order chi connectivity index (χ1) is 6.02. The molecule has 1 aliphatic carbocycles. The molecular weight excluding hydrogens is 168 g/mol. The third-order valence-corrected chi connectivity index (χ3v) is 2.06. The third kappa shape index (κ3) is 1.65. The normalized spacial score (nSPS) is 28.8. The van der Waals surface area contributed by atoms with Crippen LogP contribution in [0.3, 0.4) is 0 Å². The van der Waals surface area contributed by atoms with Gasteiger partial charge < -0.3 is 11.5 Å². The Balaban J connectivity index is 3.08. The maximum atomic E-state index is 11.3. The fraction of sp³-hybridized carbons (Fsp3) is 0.375. The van der Waals surface area contributed by atoms with Crippen LogP contribution in [0.2, 0.25) is 0 Å². The number of rotatable bonds is 2. The minimum absolute atomic E-state index is 0.0847. The minimum Gasteiger partial charge on any atom is -0.394 e. The summed E-state index contributed by atoms with van der Waals surface area (Å²) in [6, 6.07) is 0. The lowest BCUT2D eigenvalue weighted by molar-refractivity contribution is -0.117. The molecule has 0 aromatic carbocycles. The number of nitrogens with zero attached hydrogens (tertiary/aromatic N) is 2. The number of carbonyl (C=O) groups excluding carboxylic acids is 1. The number of nitrogens with two attached hydrogens (primary N) is 2. The molecule has 0 heterocycles. The highest BCUT2D eigenvalue weighted by Crippen LogP contribution is 2.27. The highest BCUT2D eigenvalue weighted by Gasteiger charge is 2.34. The molecule has 0 radical (unpaired) electrons. The number of hydrogen-bond acceptors (Lipinski definition) is 5. The topological polar surface area (TPSA) is 93.8 Å². The average Bonchev–Trinajstić information content (AvgIpc) is 2.11. The van der Waals surface area contributed by atoms with Gasteiger partial charge in [0.25, 0.3) is 0 Å². The van der Waals surface area contributed by atoms with Crippen LogP contribution in [0, 0.1) is 0 Å². The second kappa shape index (κ2) is 3.10. The van der Waals surface area contributed by atoms with E-state index < -0.39 is 5.66 Å². The van der Waals surface area contributed by atoms with Gasteiger partial charge in [-0.05, 0) is 13.4 Å². The minimum atomic E-state index is -0.962. The summed E-state index contributed by atoms with van der Waals surface area (Å²) in [5.74, 6) is -0.247. The molecule has 1 unspecified atom stereocenters. The smallest absolute Gasteiger partial charge is 0.184 e. The Labute approximate surface area is 76.2 Å². The van der Waals surface area contributed by atoms with Crippen molar-refractivity contribution in [1.82, 2.24) is 0 Å². The monoisotopic (exact) mass is 180 g/mol. The van der Waals surface area contributed by atoms with E-state index in [1.54, 1.807) is 0 Å². The molecule has 5 nitrogen and oxygen atoms in total. The van der Waals surface area contributed by atoms with Crippen molar-refractivity contribution >= 4 is 19.2 Å². The van der Waals surface area contributed by atoms with Crippen molar-refractivity contribution in [3.8, 4) is 0 Å². The predicted octanol–water partition coefficient (Wildman–Crippen LogP) is -0.424. The molecular formula is C8H12N4O. The Morgan fingerprint density at radius 2 is 2.00 bits per heavy atom. The molecule has 0 saturated heterocycles. The van der Waals surface area contributed by atoms with Gasteiger partial charge in [-0.3, -0.25) is 14.8 Å². The number of carbonyl (C=O) groups is 1. The molecule has 1 aliphatic rings. The molecule has 4 N–H and O–H groups in total. The molecule has 13 heavy (non-hydrogen) atoms. The lowest BCUT2D eigenvalue weighted by Crippen LogP contribution is -2.44. The van der Waals surface area contributed by atoms with E-state index in [1.165, 1.54) is 0 Å². The van der Waals surface area contributed by atoms with E-state index in [9.17, 15) is 4.79 Å². The van der Waals surface area contributed by atoms with Crippen molar-refractivity contribution in [2.75, 3.05) is 0 Å². The summed E-state index contributed by atoms with van der Waals surface area (Å²) in [6.07, 6.45) is 0.402. The Morgan fingerprint density at radius 1 is 1.38 bits per heavy atom. The quantitative estimate of drug-likeness (QED) is 0.565. The number of ketones is 1. The van der Waals surface area contributed by atoms with Crippen LogP contribution in [0.25, 0.3) is 0 Å². The first-order valence-electron chi connectivity index (χ1n) is 3.78. The van der Waals surface area contributed by atoms with Crippen molar-refractivity contribution in [2.45, 2.75) is 18.5 Å². The van der Waals surface area contributed by atoms with Crippen molar-refractivity contribution in [3.05, 3.63) is 11.4 Å². The summed E-state index contributed by atoms with van der Waals surface area (Å²) in [5.41, 5.74) is 10.8. The summed E-state index contributed by atoms with van der Waals surface area (Å²) >= 11 is 0. The fourth-order valence-electron chi connectivity index (χ4n) is 1.23. The van der Waals surface area contributed by atoms with Gasteiger partial charge in [0, 0.05) is 6.42 Å². The van der Waals surface area contributed by atoms with E-state index in [-0.39, 0.29) is 17.9 Å². The summed E-state index contributed by atoms with van der Waals surface area (Å²) in [6.45, 7) is 6.64. The molecule has 1 rings (SSSR count). The lowest BCUT2D eigenvalue weighted by atomic mass is 9.90. The predicted molar refractivity (Wildman–Crippen MR) is 51.5 cm³/mol. The molecule has 0 aromatic heterocycles. The average molecular weight is 180 g/mol. The summed E-state index contributed by atoms with van der Waals surface area (Å²) in [5, 5.41) is 0. The molecule has 1 atom stereocenters. The van der Waals surface area contributed by atoms with Crippen LogP contribution >= 0.6 is 0 Å². The van der Waals surface area contributed by atoms with Crippen LogP contribution in [-0.2, 0) is 4.79 Å². The zero-order valence-corrected chi connectivity index (χ0v) is 7.29. The second-order valence-corrected chi connectivity index (χ2v) is 3.06. The zero-order valence-electron chi connectivity index (χ0n) is 7.29. The first-order valence-corrected chi connectivity index (χ1v) is 3.78. The molecule has 0 aliphatic heterocycles. The molecule has 5 heteroatoms. The Morgan fingerprint density at radius 3 is 2.46 bits per heavy atom. The highest BCUT2D eigenvalue weighted by atomic mass is 16.1. The van der Waals surface area contributed by atoms with Crippen molar-refractivity contribution < 1.29 is 4.79 Å². The molecule has 70 valence electrons. The van der Waals surface area contributed by atoms with Gasteiger partial charge in [0.05, 0.1) is 17.8 Å². The van der Waals surface area contributed by atoms with Gasteiger partial charge in [-0.2, -0.15) is 0 Å². The van der Waals surface area contributed by atoms with E-state index >= 15 is 0 Å². The largest absolute Gasteiger partial charge is 0.394 e. The number of Topliss-reactive ketones (excluding diaryl/α,β-unsaturated/α-hetero) is 1. The van der Waals surface area contributed by atoms with E-state index in [0.717, 1.165) is 0 Å². The Hall–Kier alpha value is -1.49. The third-order valence-electron chi connectivity index (χ3n) is 2.06. The van der Waals surface area contributed by atoms with Crippen molar-refractivity contribution in [3.63, 3.8) is 0 Å². The van der Waals surface area contributed by atoms with E-state index in [0.29, 0.717) is 12.1 Å². The van der Waals surface area contributed by atoms with Gasteiger partial charge in [-0.15, -0.1) is 0 Å². The maximum absolute atomic E-state index is 11.3. The Kier molecular flexibility index (Phi) is 2.29. The van der Waals surface area contributed by atoms with Crippen molar-refractivity contribution in [1.29, 1.82) is 0 Å². The van der Waals surface area contributed by atoms with Gasteiger partial charge in [0.2, 0.25) is 0 Å². The van der Waals surface area contributed by atoms with E-state index in [1.807, 2.05) is 0 Å². The standard InChI is InChI=1S/C8H12N4O/c1-11-5-3-8(10,12-2)4-6(13)7(5)9/h1-4,9-10H2. The summed E-state index contributed by atoms with van der Waals surface area (Å²) < 4.78 is 0. The van der Waals surface area contributed by atoms with Gasteiger partial charge in [-0.25, -0.2) is 0 Å². The fourth-order valence-corrected chi connectivity index (χ4v) is 1.23. The first kappa shape index (κ1) is 9.60.